The lowest BCUT2D eigenvalue weighted by Crippen LogP contribution is -2.30. The van der Waals surface area contributed by atoms with E-state index in [-0.39, 0.29) is 31.1 Å². The normalized spacial score (nSPS) is 27.5. The number of aliphatic hydroxyl groups is 1. The molecule has 4 rings (SSSR count). The number of hydrogen-bond donors (Lipinski definition) is 5. The fourth-order valence-electron chi connectivity index (χ4n) is 4.54. The fraction of sp³-hybridized carbons (Fsp3) is 0.583. The molecule has 0 aliphatic carbocycles. The van der Waals surface area contributed by atoms with Gasteiger partial charge in [-0.05, 0) is 25.0 Å². The summed E-state index contributed by atoms with van der Waals surface area (Å²) in [5, 5.41) is 10.4. The van der Waals surface area contributed by atoms with Gasteiger partial charge in [-0.25, -0.2) is 18.7 Å². The van der Waals surface area contributed by atoms with Crippen molar-refractivity contribution in [1.82, 2.24) is 19.1 Å². The Bertz CT molecular complexity index is 1580. The van der Waals surface area contributed by atoms with Crippen LogP contribution in [-0.2, 0) is 36.7 Å². The molecule has 0 amide bonds. The molecule has 2 unspecified atom stereocenters. The average Bonchev–Trinajstić information content (AvgIpc) is 3.52. The van der Waals surface area contributed by atoms with E-state index in [1.54, 1.807) is 0 Å². The van der Waals surface area contributed by atoms with Crippen molar-refractivity contribution < 1.29 is 51.6 Å². The van der Waals surface area contributed by atoms with Crippen molar-refractivity contribution in [2.45, 2.75) is 69.0 Å². The molecule has 0 radical (unpaired) electrons. The lowest BCUT2D eigenvalue weighted by molar-refractivity contribution is -0.0575. The number of phosphoric ester groups is 2. The van der Waals surface area contributed by atoms with Crippen LogP contribution in [0.3, 0.4) is 0 Å². The van der Waals surface area contributed by atoms with Gasteiger partial charge in [0.15, 0.2) is 0 Å². The highest BCUT2D eigenvalue weighted by molar-refractivity contribution is 7.47. The summed E-state index contributed by atoms with van der Waals surface area (Å²) in [6.45, 7) is -1.39. The predicted octanol–water partition coefficient (Wildman–Crippen LogP) is 0.0398. The van der Waals surface area contributed by atoms with Crippen molar-refractivity contribution in [3.05, 3.63) is 45.5 Å². The van der Waals surface area contributed by atoms with Crippen molar-refractivity contribution in [2.24, 2.45) is 0 Å². The third kappa shape index (κ3) is 9.75. The van der Waals surface area contributed by atoms with Crippen LogP contribution >= 0.6 is 15.6 Å². The summed E-state index contributed by atoms with van der Waals surface area (Å²) < 4.78 is 59.3. The highest BCUT2D eigenvalue weighted by atomic mass is 31.2. The van der Waals surface area contributed by atoms with Crippen LogP contribution in [0.2, 0.25) is 0 Å². The van der Waals surface area contributed by atoms with E-state index in [0.29, 0.717) is 19.3 Å². The van der Waals surface area contributed by atoms with Crippen LogP contribution < -0.4 is 22.8 Å². The van der Waals surface area contributed by atoms with Gasteiger partial charge < -0.3 is 35.8 Å². The molecule has 45 heavy (non-hydrogen) atoms. The second-order valence-electron chi connectivity index (χ2n) is 10.0. The molecule has 2 aliphatic heterocycles. The van der Waals surface area contributed by atoms with Crippen LogP contribution in [0.5, 0.6) is 0 Å². The summed E-state index contributed by atoms with van der Waals surface area (Å²) >= 11 is 0. The third-order valence-electron chi connectivity index (χ3n) is 6.75. The van der Waals surface area contributed by atoms with Gasteiger partial charge in [0.05, 0.1) is 25.9 Å². The van der Waals surface area contributed by atoms with E-state index in [9.17, 15) is 33.6 Å². The molecular weight excluding hydrogens is 642 g/mol. The Kier molecular flexibility index (Phi) is 11.7. The molecule has 2 saturated heterocycles. The van der Waals surface area contributed by atoms with Gasteiger partial charge in [0.2, 0.25) is 0 Å². The Balaban J connectivity index is 1.39. The first-order chi connectivity index (χ1) is 21.3. The summed E-state index contributed by atoms with van der Waals surface area (Å²) in [6, 6.07) is 2.69. The quantitative estimate of drug-likeness (QED) is 0.0946. The van der Waals surface area contributed by atoms with Crippen molar-refractivity contribution in [3.63, 3.8) is 0 Å². The fourth-order valence-corrected chi connectivity index (χ4v) is 6.27. The maximum atomic E-state index is 13.0. The highest BCUT2D eigenvalue weighted by Gasteiger charge is 2.44. The zero-order chi connectivity index (χ0) is 32.8. The number of rotatable bonds is 15. The average molecular weight is 677 g/mol. The summed E-state index contributed by atoms with van der Waals surface area (Å²) in [6.07, 6.45) is 2.03. The lowest BCUT2D eigenvalue weighted by atomic mass is 10.2. The number of terminal acetylenes is 1. The molecule has 4 heterocycles. The van der Waals surface area contributed by atoms with E-state index in [1.807, 2.05) is 0 Å². The molecule has 0 bridgehead atoms. The molecule has 7 N–H and O–H groups in total. The predicted molar refractivity (Wildman–Crippen MR) is 154 cm³/mol. The monoisotopic (exact) mass is 676 g/mol. The van der Waals surface area contributed by atoms with Crippen LogP contribution in [0, 0.1) is 12.3 Å². The van der Waals surface area contributed by atoms with Gasteiger partial charge in [0, 0.05) is 31.7 Å². The SMILES string of the molecule is C#CCCCCOP(=O)(O)OC[C@H]1O[C@@H](n2ccc(N)nc2=O)C[C@@H]1OP(=O)(O)OC[C@H]1O[C@@H](n2ccc(N)nc2=O)C[C@@H]1O. The molecule has 21 heteroatoms. The summed E-state index contributed by atoms with van der Waals surface area (Å²) in [7, 11) is -9.50. The molecule has 2 aromatic rings. The van der Waals surface area contributed by atoms with Gasteiger partial charge in [-0.15, -0.1) is 12.3 Å². The standard InChI is InChI=1S/C24H34N6O13P2/c1-2-3-4-5-10-38-44(34,35)39-14-18-16(12-22(42-18)30-9-7-20(26)28-24(30)33)43-45(36,37)40-13-17-15(31)11-21(41-17)29-8-6-19(25)27-23(29)32/h1,6-9,15-18,21-22,31H,3-5,10-14H2,(H,34,35)(H,36,37)(H2,25,27,32)(H2,26,28,33)/t15-,16-,17+,18+,21+,22+/m0/s1. The maximum Gasteiger partial charge on any atom is 0.472 e. The molecule has 19 nitrogen and oxygen atoms in total. The number of ether oxygens (including phenoxy) is 2. The van der Waals surface area contributed by atoms with Crippen molar-refractivity contribution >= 4 is 27.3 Å². The highest BCUT2D eigenvalue weighted by Crippen LogP contribution is 2.50. The lowest BCUT2D eigenvalue weighted by Gasteiger charge is -2.23. The summed E-state index contributed by atoms with van der Waals surface area (Å²) in [4.78, 5) is 52.3. The molecule has 0 aromatic carbocycles. The number of hydrogen-bond acceptors (Lipinski definition) is 15. The zero-order valence-electron chi connectivity index (χ0n) is 23.8. The van der Waals surface area contributed by atoms with E-state index in [0.717, 1.165) is 9.13 Å². The summed E-state index contributed by atoms with van der Waals surface area (Å²) in [5.41, 5.74) is 9.54. The van der Waals surface area contributed by atoms with Gasteiger partial charge >= 0.3 is 27.0 Å². The molecule has 2 aromatic heterocycles. The van der Waals surface area contributed by atoms with Crippen LogP contribution in [0.4, 0.5) is 11.6 Å². The number of nitrogens with two attached hydrogens (primary N) is 2. The third-order valence-corrected chi connectivity index (χ3v) is 8.75. The van der Waals surface area contributed by atoms with Gasteiger partial charge in [-0.3, -0.25) is 27.2 Å². The number of unbranched alkanes of at least 4 members (excludes halogenated alkanes) is 2. The van der Waals surface area contributed by atoms with Crippen LogP contribution in [-0.4, -0.2) is 78.2 Å². The minimum Gasteiger partial charge on any atom is -0.390 e. The molecule has 8 atom stereocenters. The Labute approximate surface area is 256 Å². The first-order valence-corrected chi connectivity index (χ1v) is 16.7. The van der Waals surface area contributed by atoms with Crippen LogP contribution in [0.15, 0.2) is 34.1 Å². The zero-order valence-corrected chi connectivity index (χ0v) is 25.6. The van der Waals surface area contributed by atoms with E-state index in [4.69, 9.17) is 45.5 Å². The number of nitrogen functional groups attached to an aromatic ring is 2. The smallest absolute Gasteiger partial charge is 0.390 e. The largest absolute Gasteiger partial charge is 0.472 e. The van der Waals surface area contributed by atoms with Crippen molar-refractivity contribution in [1.29, 1.82) is 0 Å². The number of phosphoric acid groups is 2. The molecule has 2 fully saturated rings. The number of aromatic nitrogens is 4. The Morgan fingerprint density at radius 2 is 1.47 bits per heavy atom. The Morgan fingerprint density at radius 1 is 0.911 bits per heavy atom. The van der Waals surface area contributed by atoms with Gasteiger partial charge in [0.25, 0.3) is 0 Å². The molecular formula is C24H34N6O13P2. The first kappa shape index (κ1) is 34.9. The van der Waals surface area contributed by atoms with Crippen molar-refractivity contribution in [3.8, 4) is 12.3 Å². The first-order valence-electron chi connectivity index (χ1n) is 13.7. The Morgan fingerprint density at radius 3 is 2.07 bits per heavy atom. The molecule has 2 aliphatic rings. The molecule has 0 saturated carbocycles. The van der Waals surface area contributed by atoms with E-state index < -0.39 is 77.1 Å². The number of aliphatic hydroxyl groups excluding tert-OH is 1. The maximum absolute atomic E-state index is 13.0. The molecule has 248 valence electrons. The van der Waals surface area contributed by atoms with Crippen LogP contribution in [0.1, 0.15) is 44.6 Å². The molecule has 0 spiro atoms. The van der Waals surface area contributed by atoms with E-state index in [1.165, 1.54) is 24.5 Å². The van der Waals surface area contributed by atoms with Crippen LogP contribution in [0.25, 0.3) is 0 Å². The number of nitrogens with zero attached hydrogens (tertiary/aromatic N) is 4. The second-order valence-corrected chi connectivity index (χ2v) is 12.9. The topological polar surface area (TPSA) is 272 Å². The summed E-state index contributed by atoms with van der Waals surface area (Å²) in [5.74, 6) is 2.39. The Hall–Kier alpha value is -2.98. The van der Waals surface area contributed by atoms with E-state index >= 15 is 0 Å². The minimum atomic E-state index is -4.92. The van der Waals surface area contributed by atoms with E-state index in [2.05, 4.69) is 15.9 Å². The second kappa shape index (κ2) is 15.1. The van der Waals surface area contributed by atoms with Gasteiger partial charge in [-0.2, -0.15) is 9.97 Å². The minimum absolute atomic E-state index is 0.00200. The van der Waals surface area contributed by atoms with Gasteiger partial charge in [0.1, 0.15) is 42.4 Å². The van der Waals surface area contributed by atoms with Crippen molar-refractivity contribution in [2.75, 3.05) is 31.3 Å². The van der Waals surface area contributed by atoms with Gasteiger partial charge in [-0.1, -0.05) is 0 Å². The number of anilines is 2.